The standard InChI is InChI=1S/C14H16N2O4/c1-9-4-5-11(7-12(9)17)20-8-10-6-13(18-2)16-14(15-10)19-3/h4-7,9H,8H2,1-3H3. The van der Waals surface area contributed by atoms with Crippen LogP contribution in [0.2, 0.25) is 0 Å². The molecule has 0 spiro atoms. The zero-order chi connectivity index (χ0) is 14.5. The molecule has 1 aliphatic carbocycles. The Kier molecular flexibility index (Phi) is 4.34. The van der Waals surface area contributed by atoms with Gasteiger partial charge in [-0.3, -0.25) is 4.79 Å². The van der Waals surface area contributed by atoms with Crippen molar-refractivity contribution in [2.45, 2.75) is 13.5 Å². The molecule has 1 heterocycles. The lowest BCUT2D eigenvalue weighted by Gasteiger charge is -2.12. The third kappa shape index (κ3) is 3.34. The Labute approximate surface area is 117 Å². The van der Waals surface area contributed by atoms with Crippen LogP contribution in [0.25, 0.3) is 0 Å². The summed E-state index contributed by atoms with van der Waals surface area (Å²) in [7, 11) is 2.99. The van der Waals surface area contributed by atoms with Crippen LogP contribution in [-0.4, -0.2) is 30.0 Å². The highest BCUT2D eigenvalue weighted by atomic mass is 16.5. The van der Waals surface area contributed by atoms with Gasteiger partial charge in [0, 0.05) is 18.1 Å². The minimum absolute atomic E-state index is 0.0281. The van der Waals surface area contributed by atoms with Crippen LogP contribution in [0.4, 0.5) is 0 Å². The fraction of sp³-hybridized carbons (Fsp3) is 0.357. The molecule has 6 heteroatoms. The number of carbonyl (C=O) groups excluding carboxylic acids is 1. The number of aromatic nitrogens is 2. The van der Waals surface area contributed by atoms with E-state index in [0.717, 1.165) is 0 Å². The molecule has 0 fully saturated rings. The number of rotatable bonds is 5. The van der Waals surface area contributed by atoms with E-state index in [0.29, 0.717) is 17.3 Å². The largest absolute Gasteiger partial charge is 0.487 e. The number of hydrogen-bond donors (Lipinski definition) is 0. The van der Waals surface area contributed by atoms with E-state index in [-0.39, 0.29) is 24.3 Å². The second-order valence-corrected chi connectivity index (χ2v) is 4.27. The SMILES string of the molecule is COc1cc(COC2=CC(=O)C(C)C=C2)nc(OC)n1. The number of methoxy groups -OCH3 is 2. The Morgan fingerprint density at radius 3 is 2.70 bits per heavy atom. The summed E-state index contributed by atoms with van der Waals surface area (Å²) in [5.74, 6) is 0.847. The molecule has 2 rings (SSSR count). The van der Waals surface area contributed by atoms with Gasteiger partial charge in [0.05, 0.1) is 19.9 Å². The minimum Gasteiger partial charge on any atom is -0.487 e. The summed E-state index contributed by atoms with van der Waals surface area (Å²) in [6.45, 7) is 2.04. The Bertz CT molecular complexity index is 544. The topological polar surface area (TPSA) is 70.5 Å². The Morgan fingerprint density at radius 1 is 1.25 bits per heavy atom. The number of hydrogen-bond acceptors (Lipinski definition) is 6. The van der Waals surface area contributed by atoms with Gasteiger partial charge in [0.1, 0.15) is 12.4 Å². The van der Waals surface area contributed by atoms with E-state index in [2.05, 4.69) is 9.97 Å². The molecule has 0 N–H and O–H groups in total. The van der Waals surface area contributed by atoms with Gasteiger partial charge in [-0.25, -0.2) is 0 Å². The summed E-state index contributed by atoms with van der Waals surface area (Å²) < 4.78 is 15.6. The van der Waals surface area contributed by atoms with E-state index in [1.807, 2.05) is 6.92 Å². The summed E-state index contributed by atoms with van der Waals surface area (Å²) >= 11 is 0. The predicted molar refractivity (Wildman–Crippen MR) is 71.3 cm³/mol. The Morgan fingerprint density at radius 2 is 2.05 bits per heavy atom. The minimum atomic E-state index is -0.0958. The normalized spacial score (nSPS) is 17.6. The first-order valence-corrected chi connectivity index (χ1v) is 6.15. The second-order valence-electron chi connectivity index (χ2n) is 4.27. The summed E-state index contributed by atoms with van der Waals surface area (Å²) in [6, 6.07) is 1.86. The quantitative estimate of drug-likeness (QED) is 0.814. The maximum atomic E-state index is 11.5. The van der Waals surface area contributed by atoms with Crippen molar-refractivity contribution in [1.29, 1.82) is 0 Å². The molecule has 1 aromatic heterocycles. The smallest absolute Gasteiger partial charge is 0.319 e. The first-order chi connectivity index (χ1) is 9.62. The van der Waals surface area contributed by atoms with E-state index in [9.17, 15) is 4.79 Å². The molecular weight excluding hydrogens is 260 g/mol. The Balaban J connectivity index is 2.06. The molecule has 0 saturated carbocycles. The molecule has 0 aromatic carbocycles. The highest BCUT2D eigenvalue weighted by Crippen LogP contribution is 2.17. The molecule has 1 unspecified atom stereocenters. The van der Waals surface area contributed by atoms with Gasteiger partial charge < -0.3 is 14.2 Å². The number of allylic oxidation sites excluding steroid dienone is 3. The fourth-order valence-corrected chi connectivity index (χ4v) is 1.62. The van der Waals surface area contributed by atoms with Crippen molar-refractivity contribution in [2.24, 2.45) is 5.92 Å². The lowest BCUT2D eigenvalue weighted by Crippen LogP contribution is -2.10. The number of nitrogens with zero attached hydrogens (tertiary/aromatic N) is 2. The van der Waals surface area contributed by atoms with Crippen LogP contribution >= 0.6 is 0 Å². The zero-order valence-electron chi connectivity index (χ0n) is 11.6. The van der Waals surface area contributed by atoms with Gasteiger partial charge >= 0.3 is 6.01 Å². The fourth-order valence-electron chi connectivity index (χ4n) is 1.62. The van der Waals surface area contributed by atoms with E-state index in [1.54, 1.807) is 18.2 Å². The lowest BCUT2D eigenvalue weighted by atomic mass is 10.0. The molecule has 0 amide bonds. The van der Waals surface area contributed by atoms with Gasteiger partial charge in [-0.05, 0) is 6.08 Å². The van der Waals surface area contributed by atoms with Gasteiger partial charge in [0.2, 0.25) is 5.88 Å². The third-order valence-electron chi connectivity index (χ3n) is 2.80. The van der Waals surface area contributed by atoms with Crippen molar-refractivity contribution in [3.63, 3.8) is 0 Å². The predicted octanol–water partition coefficient (Wildman–Crippen LogP) is 1.67. The third-order valence-corrected chi connectivity index (χ3v) is 2.80. The first kappa shape index (κ1) is 14.0. The van der Waals surface area contributed by atoms with E-state index >= 15 is 0 Å². The highest BCUT2D eigenvalue weighted by Gasteiger charge is 2.14. The van der Waals surface area contributed by atoms with Gasteiger partial charge in [-0.2, -0.15) is 9.97 Å². The average molecular weight is 276 g/mol. The summed E-state index contributed by atoms with van der Waals surface area (Å²) in [6.07, 6.45) is 5.07. The van der Waals surface area contributed by atoms with Crippen LogP contribution in [0.3, 0.4) is 0 Å². The van der Waals surface area contributed by atoms with Crippen molar-refractivity contribution in [2.75, 3.05) is 14.2 Å². The maximum absolute atomic E-state index is 11.5. The molecule has 1 atom stereocenters. The van der Waals surface area contributed by atoms with E-state index < -0.39 is 0 Å². The van der Waals surface area contributed by atoms with Gasteiger partial charge in [0.25, 0.3) is 0 Å². The van der Waals surface area contributed by atoms with Crippen LogP contribution in [0, 0.1) is 5.92 Å². The van der Waals surface area contributed by atoms with E-state index in [1.165, 1.54) is 20.3 Å². The lowest BCUT2D eigenvalue weighted by molar-refractivity contribution is -0.116. The van der Waals surface area contributed by atoms with Crippen LogP contribution in [0.15, 0.2) is 30.1 Å². The molecule has 0 saturated heterocycles. The maximum Gasteiger partial charge on any atom is 0.319 e. The first-order valence-electron chi connectivity index (χ1n) is 6.15. The number of ketones is 1. The molecule has 1 aliphatic rings. The second kappa shape index (κ2) is 6.18. The Hall–Kier alpha value is -2.37. The van der Waals surface area contributed by atoms with Crippen LogP contribution in [0.1, 0.15) is 12.6 Å². The molecule has 0 bridgehead atoms. The molecular formula is C14H16N2O4. The van der Waals surface area contributed by atoms with Crippen molar-refractivity contribution in [3.8, 4) is 11.9 Å². The van der Waals surface area contributed by atoms with Gasteiger partial charge in [-0.1, -0.05) is 13.0 Å². The van der Waals surface area contributed by atoms with Crippen molar-refractivity contribution < 1.29 is 19.0 Å². The molecule has 6 nitrogen and oxygen atoms in total. The highest BCUT2D eigenvalue weighted by molar-refractivity contribution is 5.94. The number of ether oxygens (including phenoxy) is 3. The monoisotopic (exact) mass is 276 g/mol. The van der Waals surface area contributed by atoms with Crippen LogP contribution in [-0.2, 0) is 16.1 Å². The van der Waals surface area contributed by atoms with Crippen molar-refractivity contribution in [1.82, 2.24) is 9.97 Å². The molecule has 106 valence electrons. The van der Waals surface area contributed by atoms with Crippen LogP contribution in [0.5, 0.6) is 11.9 Å². The zero-order valence-corrected chi connectivity index (χ0v) is 11.6. The van der Waals surface area contributed by atoms with Crippen molar-refractivity contribution >= 4 is 5.78 Å². The molecule has 20 heavy (non-hydrogen) atoms. The summed E-state index contributed by atoms with van der Waals surface area (Å²) in [5.41, 5.74) is 0.606. The summed E-state index contributed by atoms with van der Waals surface area (Å²) in [4.78, 5) is 19.7. The van der Waals surface area contributed by atoms with E-state index in [4.69, 9.17) is 14.2 Å². The van der Waals surface area contributed by atoms with Crippen molar-refractivity contribution in [3.05, 3.63) is 35.7 Å². The van der Waals surface area contributed by atoms with Gasteiger partial charge in [0.15, 0.2) is 5.78 Å². The molecule has 0 radical (unpaired) electrons. The van der Waals surface area contributed by atoms with Crippen LogP contribution < -0.4 is 9.47 Å². The average Bonchev–Trinajstić information content (AvgIpc) is 2.48. The van der Waals surface area contributed by atoms with Gasteiger partial charge in [-0.15, -0.1) is 0 Å². The molecule has 1 aromatic rings. The number of carbonyl (C=O) groups is 1. The summed E-state index contributed by atoms with van der Waals surface area (Å²) in [5, 5.41) is 0. The molecule has 0 aliphatic heterocycles.